The van der Waals surface area contributed by atoms with Crippen molar-refractivity contribution in [1.29, 1.82) is 0 Å². The quantitative estimate of drug-likeness (QED) is 0.755. The van der Waals surface area contributed by atoms with E-state index in [2.05, 4.69) is 26.8 Å². The Balaban J connectivity index is 1.88. The van der Waals surface area contributed by atoms with Crippen LogP contribution >= 0.6 is 0 Å². The minimum absolute atomic E-state index is 0.0828. The Labute approximate surface area is 151 Å². The van der Waals surface area contributed by atoms with Crippen molar-refractivity contribution >= 4 is 17.4 Å². The maximum Gasteiger partial charge on any atom is 0.271 e. The number of pyridine rings is 1. The maximum absolute atomic E-state index is 12.4. The Hall–Kier alpha value is -3.16. The van der Waals surface area contributed by atoms with Crippen molar-refractivity contribution in [3.63, 3.8) is 0 Å². The van der Waals surface area contributed by atoms with Crippen LogP contribution in [0.1, 0.15) is 6.92 Å². The highest BCUT2D eigenvalue weighted by Gasteiger charge is 2.34. The van der Waals surface area contributed by atoms with E-state index < -0.39 is 0 Å². The van der Waals surface area contributed by atoms with Gasteiger partial charge in [0.1, 0.15) is 17.8 Å². The zero-order valence-corrected chi connectivity index (χ0v) is 14.9. The molecule has 1 aliphatic heterocycles. The summed E-state index contributed by atoms with van der Waals surface area (Å²) in [7, 11) is 1.79. The third kappa shape index (κ3) is 3.30. The normalized spacial score (nSPS) is 13.8. The lowest BCUT2D eigenvalue weighted by Gasteiger charge is -2.45. The van der Waals surface area contributed by atoms with Crippen LogP contribution in [0.15, 0.2) is 42.1 Å². The number of anilines is 2. The highest BCUT2D eigenvalue weighted by Crippen LogP contribution is 2.24. The van der Waals surface area contributed by atoms with E-state index in [0.717, 1.165) is 11.3 Å². The fraction of sp³-hybridized carbons (Fsp3) is 0.333. The molecule has 3 heterocycles. The Morgan fingerprint density at radius 3 is 2.88 bits per heavy atom. The first-order valence-corrected chi connectivity index (χ1v) is 8.48. The van der Waals surface area contributed by atoms with Gasteiger partial charge < -0.3 is 20.1 Å². The Morgan fingerprint density at radius 1 is 1.46 bits per heavy atom. The van der Waals surface area contributed by atoms with Crippen molar-refractivity contribution < 1.29 is 4.79 Å². The average molecular weight is 354 g/mol. The number of nitrogens with one attached hydrogen (secondary N) is 2. The highest BCUT2D eigenvalue weighted by atomic mass is 16.2. The number of aromatic amines is 1. The number of aromatic nitrogens is 3. The van der Waals surface area contributed by atoms with Crippen LogP contribution < -0.4 is 15.8 Å². The van der Waals surface area contributed by atoms with Gasteiger partial charge in [-0.1, -0.05) is 6.58 Å². The van der Waals surface area contributed by atoms with Crippen molar-refractivity contribution in [3.05, 3.63) is 47.7 Å². The molecule has 1 saturated heterocycles. The van der Waals surface area contributed by atoms with Gasteiger partial charge in [-0.2, -0.15) is 0 Å². The molecule has 26 heavy (non-hydrogen) atoms. The fourth-order valence-corrected chi connectivity index (χ4v) is 3.07. The van der Waals surface area contributed by atoms with Gasteiger partial charge in [0.2, 0.25) is 5.91 Å². The SMILES string of the molecule is C=CC(=O)N1CC(N(CC)c2cc(-c3cc(NC)ncn3)c[nH]c2=O)C1. The lowest BCUT2D eigenvalue weighted by molar-refractivity contribution is -0.130. The van der Waals surface area contributed by atoms with Crippen LogP contribution in [-0.2, 0) is 4.79 Å². The van der Waals surface area contributed by atoms with Crippen LogP contribution in [0.5, 0.6) is 0 Å². The van der Waals surface area contributed by atoms with E-state index in [4.69, 9.17) is 0 Å². The Bertz CT molecular complexity index is 872. The van der Waals surface area contributed by atoms with Crippen LogP contribution in [0.25, 0.3) is 11.3 Å². The summed E-state index contributed by atoms with van der Waals surface area (Å²) in [4.78, 5) is 39.0. The van der Waals surface area contributed by atoms with Gasteiger partial charge in [0, 0.05) is 44.5 Å². The summed E-state index contributed by atoms with van der Waals surface area (Å²) < 4.78 is 0. The Morgan fingerprint density at radius 2 is 2.23 bits per heavy atom. The number of carbonyl (C=O) groups excluding carboxylic acids is 1. The number of rotatable bonds is 6. The predicted octanol–water partition coefficient (Wildman–Crippen LogP) is 1.10. The van der Waals surface area contributed by atoms with Gasteiger partial charge in [0.15, 0.2) is 0 Å². The Kier molecular flexibility index (Phi) is 5.01. The summed E-state index contributed by atoms with van der Waals surface area (Å²) in [5.41, 5.74) is 1.93. The van der Waals surface area contributed by atoms with Crippen molar-refractivity contribution in [3.8, 4) is 11.3 Å². The van der Waals surface area contributed by atoms with E-state index in [-0.39, 0.29) is 17.5 Å². The minimum Gasteiger partial charge on any atom is -0.373 e. The van der Waals surface area contributed by atoms with Crippen LogP contribution in [0, 0.1) is 0 Å². The van der Waals surface area contributed by atoms with Gasteiger partial charge in [-0.25, -0.2) is 9.97 Å². The summed E-state index contributed by atoms with van der Waals surface area (Å²) >= 11 is 0. The topological polar surface area (TPSA) is 94.2 Å². The second kappa shape index (κ2) is 7.38. The summed E-state index contributed by atoms with van der Waals surface area (Å²) in [5, 5.41) is 2.98. The summed E-state index contributed by atoms with van der Waals surface area (Å²) in [6.45, 7) is 7.33. The molecule has 1 fully saturated rings. The van der Waals surface area contributed by atoms with Crippen LogP contribution in [-0.4, -0.2) is 58.5 Å². The number of H-pyrrole nitrogens is 1. The first-order chi connectivity index (χ1) is 12.6. The van der Waals surface area contributed by atoms with Gasteiger partial charge in [-0.3, -0.25) is 9.59 Å². The number of hydrogen-bond donors (Lipinski definition) is 2. The molecular weight excluding hydrogens is 332 g/mol. The molecule has 8 heteroatoms. The fourth-order valence-electron chi connectivity index (χ4n) is 3.07. The first kappa shape index (κ1) is 17.7. The van der Waals surface area contributed by atoms with Gasteiger partial charge >= 0.3 is 0 Å². The number of likely N-dealkylation sites (N-methyl/N-ethyl adjacent to an activating group) is 1. The van der Waals surface area contributed by atoms with E-state index in [1.165, 1.54) is 12.4 Å². The molecule has 0 unspecified atom stereocenters. The third-order valence-corrected chi connectivity index (χ3v) is 4.54. The molecule has 3 rings (SSSR count). The monoisotopic (exact) mass is 354 g/mol. The molecule has 1 aliphatic rings. The molecule has 0 atom stereocenters. The van der Waals surface area contributed by atoms with Gasteiger partial charge in [-0.15, -0.1) is 0 Å². The van der Waals surface area contributed by atoms with Gasteiger partial charge in [-0.05, 0) is 19.1 Å². The summed E-state index contributed by atoms with van der Waals surface area (Å²) in [6, 6.07) is 3.77. The molecule has 1 amide bonds. The molecular formula is C18H22N6O2. The number of likely N-dealkylation sites (tertiary alicyclic amines) is 1. The van der Waals surface area contributed by atoms with Gasteiger partial charge in [0.25, 0.3) is 5.56 Å². The van der Waals surface area contributed by atoms with E-state index in [0.29, 0.717) is 31.1 Å². The molecule has 136 valence electrons. The predicted molar refractivity (Wildman–Crippen MR) is 101 cm³/mol. The lowest BCUT2D eigenvalue weighted by Crippen LogP contribution is -2.61. The zero-order valence-electron chi connectivity index (χ0n) is 14.9. The minimum atomic E-state index is -0.160. The number of amides is 1. The molecule has 0 bridgehead atoms. The van der Waals surface area contributed by atoms with Crippen LogP contribution in [0.2, 0.25) is 0 Å². The highest BCUT2D eigenvalue weighted by molar-refractivity contribution is 5.87. The van der Waals surface area contributed by atoms with E-state index in [1.54, 1.807) is 18.1 Å². The third-order valence-electron chi connectivity index (χ3n) is 4.54. The molecule has 0 aromatic carbocycles. The average Bonchev–Trinajstić information content (AvgIpc) is 2.64. The molecule has 0 spiro atoms. The van der Waals surface area contributed by atoms with Crippen molar-refractivity contribution in [2.75, 3.05) is 36.9 Å². The smallest absolute Gasteiger partial charge is 0.271 e. The molecule has 8 nitrogen and oxygen atoms in total. The molecule has 2 N–H and O–H groups in total. The standard InChI is InChI=1S/C18H22N6O2/c1-4-17(25)23-9-13(10-23)24(5-2)15-6-12(8-20-18(15)26)14-7-16(19-3)22-11-21-14/h4,6-8,11,13H,1,5,9-10H2,2-3H3,(H,20,26)(H,19,21,22). The van der Waals surface area contributed by atoms with Crippen molar-refractivity contribution in [2.24, 2.45) is 0 Å². The van der Waals surface area contributed by atoms with Gasteiger partial charge in [0.05, 0.1) is 11.7 Å². The lowest BCUT2D eigenvalue weighted by atomic mass is 10.1. The number of hydrogen-bond acceptors (Lipinski definition) is 6. The van der Waals surface area contributed by atoms with Crippen LogP contribution in [0.3, 0.4) is 0 Å². The maximum atomic E-state index is 12.4. The van der Waals surface area contributed by atoms with E-state index >= 15 is 0 Å². The molecule has 0 radical (unpaired) electrons. The molecule has 0 saturated carbocycles. The second-order valence-electron chi connectivity index (χ2n) is 6.03. The van der Waals surface area contributed by atoms with E-state index in [9.17, 15) is 9.59 Å². The molecule has 0 aliphatic carbocycles. The zero-order chi connectivity index (χ0) is 18.7. The summed E-state index contributed by atoms with van der Waals surface area (Å²) in [6.07, 6.45) is 4.44. The first-order valence-electron chi connectivity index (χ1n) is 8.48. The van der Waals surface area contributed by atoms with Crippen molar-refractivity contribution in [1.82, 2.24) is 19.9 Å². The molecule has 2 aromatic rings. The number of carbonyl (C=O) groups is 1. The van der Waals surface area contributed by atoms with Crippen molar-refractivity contribution in [2.45, 2.75) is 13.0 Å². The molecule has 2 aromatic heterocycles. The largest absolute Gasteiger partial charge is 0.373 e. The van der Waals surface area contributed by atoms with Crippen LogP contribution in [0.4, 0.5) is 11.5 Å². The number of nitrogens with zero attached hydrogens (tertiary/aromatic N) is 4. The second-order valence-corrected chi connectivity index (χ2v) is 6.03. The van der Waals surface area contributed by atoms with E-state index in [1.807, 2.05) is 24.0 Å². The summed E-state index contributed by atoms with van der Waals surface area (Å²) in [5.74, 6) is 0.619.